The molecule has 0 unspecified atom stereocenters. The van der Waals surface area contributed by atoms with Crippen LogP contribution >= 0.6 is 0 Å². The van der Waals surface area contributed by atoms with Gasteiger partial charge in [0.2, 0.25) is 5.95 Å². The molecule has 1 atom stereocenters. The molecule has 0 aliphatic carbocycles. The number of fused-ring (bicyclic) bond motifs is 3. The van der Waals surface area contributed by atoms with E-state index in [1.165, 1.54) is 23.4 Å². The summed E-state index contributed by atoms with van der Waals surface area (Å²) in [6.45, 7) is 1.93. The Bertz CT molecular complexity index is 1380. The van der Waals surface area contributed by atoms with E-state index in [0.717, 1.165) is 28.6 Å². The molecular formula is C19H15F4N9O. The first-order chi connectivity index (χ1) is 15.6. The molecule has 1 N–H and O–H groups in total. The number of alkyl halides is 3. The van der Waals surface area contributed by atoms with Crippen molar-refractivity contribution in [3.8, 4) is 5.82 Å². The van der Waals surface area contributed by atoms with Crippen molar-refractivity contribution in [3.63, 3.8) is 0 Å². The first-order valence-corrected chi connectivity index (χ1v) is 9.62. The van der Waals surface area contributed by atoms with E-state index in [0.29, 0.717) is 11.4 Å². The molecule has 1 aliphatic rings. The average Bonchev–Trinajstić information content (AvgIpc) is 3.45. The minimum atomic E-state index is -4.75. The number of carbonyl (C=O) groups excluding carboxylic acids is 1. The molecule has 170 valence electrons. The Kier molecular flexibility index (Phi) is 4.38. The molecule has 0 spiro atoms. The third kappa shape index (κ3) is 3.16. The van der Waals surface area contributed by atoms with E-state index >= 15 is 0 Å². The number of hydrogen-bond acceptors (Lipinski definition) is 6. The Morgan fingerprint density at radius 1 is 1.15 bits per heavy atom. The van der Waals surface area contributed by atoms with Gasteiger partial charge in [-0.05, 0) is 25.5 Å². The number of hydrogen-bond donors (Lipinski definition) is 1. The Morgan fingerprint density at radius 2 is 1.88 bits per heavy atom. The first kappa shape index (κ1) is 20.8. The summed E-state index contributed by atoms with van der Waals surface area (Å²) in [5.74, 6) is -0.543. The van der Waals surface area contributed by atoms with E-state index in [2.05, 4.69) is 30.6 Å². The molecule has 2 amide bonds. The van der Waals surface area contributed by atoms with Crippen molar-refractivity contribution in [2.75, 3.05) is 16.8 Å². The summed E-state index contributed by atoms with van der Waals surface area (Å²) in [6, 6.07) is 1.68. The molecule has 5 heterocycles. The van der Waals surface area contributed by atoms with Gasteiger partial charge < -0.3 is 5.32 Å². The highest BCUT2D eigenvalue weighted by Crippen LogP contribution is 2.49. The lowest BCUT2D eigenvalue weighted by atomic mass is 9.88. The summed E-state index contributed by atoms with van der Waals surface area (Å²) in [4.78, 5) is 23.4. The fourth-order valence-corrected chi connectivity index (χ4v) is 3.85. The van der Waals surface area contributed by atoms with Crippen molar-refractivity contribution in [3.05, 3.63) is 54.1 Å². The number of nitrogens with one attached hydrogen (secondary N) is 1. The number of rotatable bonds is 2. The highest BCUT2D eigenvalue weighted by atomic mass is 19.4. The summed E-state index contributed by atoms with van der Waals surface area (Å²) < 4.78 is 56.8. The minimum absolute atomic E-state index is 0.0911. The Balaban J connectivity index is 1.51. The molecule has 14 heteroatoms. The third-order valence-corrected chi connectivity index (χ3v) is 5.50. The molecule has 5 rings (SSSR count). The molecule has 0 saturated heterocycles. The van der Waals surface area contributed by atoms with E-state index < -0.39 is 30.1 Å². The first-order valence-electron chi connectivity index (χ1n) is 9.62. The van der Waals surface area contributed by atoms with Crippen molar-refractivity contribution in [2.24, 2.45) is 0 Å². The number of pyridine rings is 1. The van der Waals surface area contributed by atoms with Gasteiger partial charge in [-0.2, -0.15) is 27.8 Å². The van der Waals surface area contributed by atoms with Crippen LogP contribution in [-0.2, 0) is 5.41 Å². The normalized spacial score (nSPS) is 18.1. The molecule has 0 bridgehead atoms. The average molecular weight is 461 g/mol. The fraction of sp³-hybridized carbons (Fsp3) is 0.263. The van der Waals surface area contributed by atoms with Gasteiger partial charge in [-0.1, -0.05) is 0 Å². The highest BCUT2D eigenvalue weighted by molar-refractivity contribution is 6.03. The molecule has 4 aromatic heterocycles. The maximum absolute atomic E-state index is 14.1. The van der Waals surface area contributed by atoms with Crippen LogP contribution in [-0.4, -0.2) is 53.3 Å². The highest BCUT2D eigenvalue weighted by Gasteiger charge is 2.60. The van der Waals surface area contributed by atoms with Gasteiger partial charge in [0.1, 0.15) is 5.41 Å². The van der Waals surface area contributed by atoms with E-state index in [4.69, 9.17) is 0 Å². The van der Waals surface area contributed by atoms with E-state index in [1.807, 2.05) is 0 Å². The zero-order valence-corrected chi connectivity index (χ0v) is 17.2. The molecule has 1 aliphatic heterocycles. The van der Waals surface area contributed by atoms with E-state index in [1.54, 1.807) is 13.0 Å². The SMILES string of the molecule is Cc1cc(NC(=O)N2C[C@@](C)(C(F)(F)F)c3c2cnc2cc(F)nn32)cnc1-n1nccn1. The van der Waals surface area contributed by atoms with Crippen molar-refractivity contribution in [1.82, 2.24) is 34.6 Å². The number of aryl methyl sites for hydroxylation is 1. The Labute approximate surface area is 182 Å². The second-order valence-corrected chi connectivity index (χ2v) is 7.76. The number of carbonyl (C=O) groups is 1. The molecule has 0 aromatic carbocycles. The van der Waals surface area contributed by atoms with Crippen LogP contribution in [0.2, 0.25) is 0 Å². The fourth-order valence-electron chi connectivity index (χ4n) is 3.85. The van der Waals surface area contributed by atoms with Crippen molar-refractivity contribution in [1.29, 1.82) is 0 Å². The van der Waals surface area contributed by atoms with Crippen molar-refractivity contribution >= 4 is 23.1 Å². The van der Waals surface area contributed by atoms with Crippen LogP contribution in [0.3, 0.4) is 0 Å². The van der Waals surface area contributed by atoms with Gasteiger partial charge in [0.15, 0.2) is 11.5 Å². The molecule has 0 saturated carbocycles. The van der Waals surface area contributed by atoms with Crippen molar-refractivity contribution < 1.29 is 22.4 Å². The number of nitrogens with zero attached hydrogens (tertiary/aromatic N) is 8. The van der Waals surface area contributed by atoms with Crippen molar-refractivity contribution in [2.45, 2.75) is 25.4 Å². The lowest BCUT2D eigenvalue weighted by Crippen LogP contribution is -2.46. The van der Waals surface area contributed by atoms with Gasteiger partial charge in [-0.3, -0.25) is 4.90 Å². The zero-order chi connectivity index (χ0) is 23.5. The molecule has 10 nitrogen and oxygen atoms in total. The lowest BCUT2D eigenvalue weighted by Gasteiger charge is -2.28. The third-order valence-electron chi connectivity index (χ3n) is 5.50. The predicted octanol–water partition coefficient (Wildman–Crippen LogP) is 3.02. The summed E-state index contributed by atoms with van der Waals surface area (Å²) in [5, 5.41) is 14.1. The molecular weight excluding hydrogens is 446 g/mol. The number of halogens is 4. The summed E-state index contributed by atoms with van der Waals surface area (Å²) in [7, 11) is 0. The van der Waals surface area contributed by atoms with E-state index in [9.17, 15) is 22.4 Å². The molecule has 4 aromatic rings. The number of aromatic nitrogens is 7. The number of urea groups is 1. The van der Waals surface area contributed by atoms with Gasteiger partial charge in [0.25, 0.3) is 0 Å². The second kappa shape index (κ2) is 6.95. The van der Waals surface area contributed by atoms with E-state index in [-0.39, 0.29) is 22.7 Å². The van der Waals surface area contributed by atoms with Gasteiger partial charge in [0.05, 0.1) is 41.9 Å². The summed E-state index contributed by atoms with van der Waals surface area (Å²) >= 11 is 0. The maximum atomic E-state index is 14.1. The number of amides is 2. The van der Waals surface area contributed by atoms with Gasteiger partial charge in [-0.15, -0.1) is 9.90 Å². The molecule has 0 radical (unpaired) electrons. The standard InChI is InChI=1S/C19H15F4N9O/c1-10-5-11(7-25-16(10)32-26-3-4-27-32)28-17(33)30-9-18(2,19(21,22)23)15-12(30)8-24-14-6-13(20)29-31(14)15/h3-8H,9H2,1-2H3,(H,28,33)/t18-/m1/s1. The minimum Gasteiger partial charge on any atom is -0.306 e. The monoisotopic (exact) mass is 461 g/mol. The predicted molar refractivity (Wildman–Crippen MR) is 107 cm³/mol. The van der Waals surface area contributed by atoms with Crippen LogP contribution in [0.4, 0.5) is 33.7 Å². The number of anilines is 2. The topological polar surface area (TPSA) is 106 Å². The Hall–Kier alpha value is -4.10. The smallest absolute Gasteiger partial charge is 0.306 e. The van der Waals surface area contributed by atoms with Crippen LogP contribution in [0.1, 0.15) is 18.2 Å². The van der Waals surface area contributed by atoms with Gasteiger partial charge in [-0.25, -0.2) is 19.3 Å². The van der Waals surface area contributed by atoms with Crippen LogP contribution in [0, 0.1) is 12.9 Å². The van der Waals surface area contributed by atoms with Gasteiger partial charge >= 0.3 is 12.2 Å². The zero-order valence-electron chi connectivity index (χ0n) is 17.2. The van der Waals surface area contributed by atoms with Crippen LogP contribution in [0.5, 0.6) is 0 Å². The lowest BCUT2D eigenvalue weighted by molar-refractivity contribution is -0.181. The largest absolute Gasteiger partial charge is 0.401 e. The maximum Gasteiger partial charge on any atom is 0.401 e. The van der Waals surface area contributed by atoms with Crippen LogP contribution in [0.25, 0.3) is 11.5 Å². The second-order valence-electron chi connectivity index (χ2n) is 7.76. The summed E-state index contributed by atoms with van der Waals surface area (Å²) in [6.07, 6.45) is 0.668. The van der Waals surface area contributed by atoms with Gasteiger partial charge in [0, 0.05) is 12.6 Å². The quantitative estimate of drug-likeness (QED) is 0.460. The molecule has 33 heavy (non-hydrogen) atoms. The van der Waals surface area contributed by atoms with Crippen LogP contribution in [0.15, 0.2) is 36.9 Å². The molecule has 0 fully saturated rings. The van der Waals surface area contributed by atoms with Crippen LogP contribution < -0.4 is 10.2 Å². The Morgan fingerprint density at radius 3 is 2.55 bits per heavy atom. The summed E-state index contributed by atoms with van der Waals surface area (Å²) in [5.41, 5.74) is -2.19.